The maximum absolute atomic E-state index is 6.35. The summed E-state index contributed by atoms with van der Waals surface area (Å²) in [7, 11) is 0. The number of rotatable bonds is 7. The lowest BCUT2D eigenvalue weighted by molar-refractivity contribution is 0.369. The van der Waals surface area contributed by atoms with Crippen LogP contribution < -0.4 is 5.73 Å². The maximum Gasteiger partial charge on any atom is 0.0441 e. The average molecular weight is 268 g/mol. The van der Waals surface area contributed by atoms with Crippen molar-refractivity contribution >= 4 is 11.6 Å². The van der Waals surface area contributed by atoms with Crippen molar-refractivity contribution in [2.24, 2.45) is 11.7 Å². The van der Waals surface area contributed by atoms with E-state index in [4.69, 9.17) is 17.3 Å². The van der Waals surface area contributed by atoms with Crippen LogP contribution in [0.15, 0.2) is 18.2 Å². The smallest absolute Gasteiger partial charge is 0.0441 e. The molecule has 0 bridgehead atoms. The van der Waals surface area contributed by atoms with E-state index in [1.54, 1.807) is 0 Å². The van der Waals surface area contributed by atoms with Crippen molar-refractivity contribution in [2.75, 3.05) is 0 Å². The zero-order valence-electron chi connectivity index (χ0n) is 11.9. The van der Waals surface area contributed by atoms with Gasteiger partial charge in [0.15, 0.2) is 0 Å². The summed E-state index contributed by atoms with van der Waals surface area (Å²) in [5.41, 5.74) is 8.74. The molecule has 0 radical (unpaired) electrons. The Kier molecular flexibility index (Phi) is 6.73. The Bertz CT molecular complexity index is 362. The Labute approximate surface area is 117 Å². The third-order valence-corrected chi connectivity index (χ3v) is 4.07. The third kappa shape index (κ3) is 4.62. The fourth-order valence-corrected chi connectivity index (χ4v) is 2.74. The summed E-state index contributed by atoms with van der Waals surface area (Å²) >= 11 is 6.27. The lowest BCUT2D eigenvalue weighted by Gasteiger charge is -2.23. The lowest BCUT2D eigenvalue weighted by atomic mass is 9.88. The maximum atomic E-state index is 6.35. The second-order valence-corrected chi connectivity index (χ2v) is 5.68. The minimum Gasteiger partial charge on any atom is -0.327 e. The van der Waals surface area contributed by atoms with Gasteiger partial charge in [-0.1, -0.05) is 56.8 Å². The van der Waals surface area contributed by atoms with Gasteiger partial charge in [-0.25, -0.2) is 0 Å². The van der Waals surface area contributed by atoms with E-state index < -0.39 is 0 Å². The highest BCUT2D eigenvalue weighted by atomic mass is 35.5. The molecule has 2 unspecified atom stereocenters. The molecule has 2 N–H and O–H groups in total. The second-order valence-electron chi connectivity index (χ2n) is 5.27. The molecule has 0 saturated heterocycles. The van der Waals surface area contributed by atoms with Gasteiger partial charge in [0.1, 0.15) is 0 Å². The molecule has 2 atom stereocenters. The molecule has 0 aliphatic rings. The Balaban J connectivity index is 2.64. The van der Waals surface area contributed by atoms with Crippen LogP contribution in [0.25, 0.3) is 0 Å². The van der Waals surface area contributed by atoms with Crippen molar-refractivity contribution in [1.82, 2.24) is 0 Å². The summed E-state index contributed by atoms with van der Waals surface area (Å²) in [6, 6.07) is 6.48. The number of hydrogen-bond donors (Lipinski definition) is 1. The molecule has 1 aromatic carbocycles. The molecule has 0 fully saturated rings. The van der Waals surface area contributed by atoms with Crippen molar-refractivity contribution in [3.05, 3.63) is 34.3 Å². The van der Waals surface area contributed by atoms with Crippen molar-refractivity contribution in [1.29, 1.82) is 0 Å². The molecule has 1 nitrogen and oxygen atoms in total. The van der Waals surface area contributed by atoms with E-state index >= 15 is 0 Å². The molecule has 1 rings (SSSR count). The predicted molar refractivity (Wildman–Crippen MR) is 81.2 cm³/mol. The van der Waals surface area contributed by atoms with Crippen molar-refractivity contribution in [3.63, 3.8) is 0 Å². The molecule has 1 aromatic rings. The number of halogens is 1. The van der Waals surface area contributed by atoms with E-state index in [1.165, 1.54) is 30.4 Å². The zero-order valence-corrected chi connectivity index (χ0v) is 12.6. The standard InChI is InChI=1S/C16H26ClN/c1-4-6-7-13(5-2)16(18)11-14-9-8-12(3)10-15(14)17/h8-10,13,16H,4-7,11,18H2,1-3H3. The molecule has 102 valence electrons. The Morgan fingerprint density at radius 3 is 2.56 bits per heavy atom. The van der Waals surface area contributed by atoms with Crippen LogP contribution in [-0.4, -0.2) is 6.04 Å². The third-order valence-electron chi connectivity index (χ3n) is 3.72. The fourth-order valence-electron chi connectivity index (χ4n) is 2.43. The number of benzene rings is 1. The van der Waals surface area contributed by atoms with Crippen LogP contribution in [0.1, 0.15) is 50.7 Å². The molecule has 18 heavy (non-hydrogen) atoms. The lowest BCUT2D eigenvalue weighted by Crippen LogP contribution is -2.32. The topological polar surface area (TPSA) is 26.0 Å². The Morgan fingerprint density at radius 1 is 1.28 bits per heavy atom. The average Bonchev–Trinajstić information content (AvgIpc) is 2.34. The van der Waals surface area contributed by atoms with E-state index in [0.29, 0.717) is 5.92 Å². The first kappa shape index (κ1) is 15.5. The van der Waals surface area contributed by atoms with Crippen LogP contribution >= 0.6 is 11.6 Å². The molecule has 0 aliphatic carbocycles. The van der Waals surface area contributed by atoms with E-state index in [2.05, 4.69) is 32.9 Å². The molecule has 0 amide bonds. The minimum atomic E-state index is 0.224. The van der Waals surface area contributed by atoms with Crippen LogP contribution in [-0.2, 0) is 6.42 Å². The molecule has 0 aliphatic heterocycles. The summed E-state index contributed by atoms with van der Waals surface area (Å²) in [4.78, 5) is 0. The molecule has 0 aromatic heterocycles. The summed E-state index contributed by atoms with van der Waals surface area (Å²) in [5, 5.41) is 0.857. The van der Waals surface area contributed by atoms with E-state index in [-0.39, 0.29) is 6.04 Å². The molecule has 2 heteroatoms. The number of hydrogen-bond acceptors (Lipinski definition) is 1. The summed E-state index contributed by atoms with van der Waals surface area (Å²) in [5.74, 6) is 0.613. The van der Waals surface area contributed by atoms with Gasteiger partial charge >= 0.3 is 0 Å². The first-order chi connectivity index (χ1) is 8.58. The molecular weight excluding hydrogens is 242 g/mol. The normalized spacial score (nSPS) is 14.5. The van der Waals surface area contributed by atoms with Gasteiger partial charge in [-0.2, -0.15) is 0 Å². The van der Waals surface area contributed by atoms with Crippen LogP contribution in [0.3, 0.4) is 0 Å². The predicted octanol–water partition coefficient (Wildman–Crippen LogP) is 4.73. The fraction of sp³-hybridized carbons (Fsp3) is 0.625. The molecular formula is C16H26ClN. The van der Waals surface area contributed by atoms with Gasteiger partial charge in [-0.15, -0.1) is 0 Å². The number of unbranched alkanes of at least 4 members (excludes halogenated alkanes) is 1. The quantitative estimate of drug-likeness (QED) is 0.759. The summed E-state index contributed by atoms with van der Waals surface area (Å²) in [6.45, 7) is 6.53. The summed E-state index contributed by atoms with van der Waals surface area (Å²) in [6.07, 6.45) is 5.80. The van der Waals surface area contributed by atoms with Gasteiger partial charge in [0.05, 0.1) is 0 Å². The van der Waals surface area contributed by atoms with E-state index in [9.17, 15) is 0 Å². The van der Waals surface area contributed by atoms with Gasteiger partial charge in [0.2, 0.25) is 0 Å². The first-order valence-electron chi connectivity index (χ1n) is 7.09. The van der Waals surface area contributed by atoms with E-state index in [0.717, 1.165) is 17.9 Å². The highest BCUT2D eigenvalue weighted by Crippen LogP contribution is 2.23. The van der Waals surface area contributed by atoms with Crippen molar-refractivity contribution in [2.45, 2.75) is 58.9 Å². The SMILES string of the molecule is CCCCC(CC)C(N)Cc1ccc(C)cc1Cl. The number of aryl methyl sites for hydroxylation is 1. The highest BCUT2D eigenvalue weighted by molar-refractivity contribution is 6.31. The summed E-state index contributed by atoms with van der Waals surface area (Å²) < 4.78 is 0. The Morgan fingerprint density at radius 2 is 2.00 bits per heavy atom. The first-order valence-corrected chi connectivity index (χ1v) is 7.46. The molecule has 0 spiro atoms. The van der Waals surface area contributed by atoms with Crippen molar-refractivity contribution in [3.8, 4) is 0 Å². The van der Waals surface area contributed by atoms with Gasteiger partial charge in [0, 0.05) is 11.1 Å². The van der Waals surface area contributed by atoms with Gasteiger partial charge < -0.3 is 5.73 Å². The van der Waals surface area contributed by atoms with E-state index in [1.807, 2.05) is 6.07 Å². The van der Waals surface area contributed by atoms with Gasteiger partial charge in [0.25, 0.3) is 0 Å². The monoisotopic (exact) mass is 267 g/mol. The highest BCUT2D eigenvalue weighted by Gasteiger charge is 2.17. The van der Waals surface area contributed by atoms with Gasteiger partial charge in [-0.05, 0) is 42.9 Å². The molecule has 0 heterocycles. The minimum absolute atomic E-state index is 0.224. The zero-order chi connectivity index (χ0) is 13.5. The van der Waals surface area contributed by atoms with Gasteiger partial charge in [-0.3, -0.25) is 0 Å². The Hall–Kier alpha value is -0.530. The van der Waals surface area contributed by atoms with Crippen LogP contribution in [0.5, 0.6) is 0 Å². The largest absolute Gasteiger partial charge is 0.327 e. The van der Waals surface area contributed by atoms with Crippen LogP contribution in [0.4, 0.5) is 0 Å². The second kappa shape index (κ2) is 7.81. The van der Waals surface area contributed by atoms with Crippen molar-refractivity contribution < 1.29 is 0 Å². The molecule has 0 saturated carbocycles. The van der Waals surface area contributed by atoms with Crippen LogP contribution in [0.2, 0.25) is 5.02 Å². The number of nitrogens with two attached hydrogens (primary N) is 1. The van der Waals surface area contributed by atoms with Crippen LogP contribution in [0, 0.1) is 12.8 Å².